The average molecular weight is 421 g/mol. The SMILES string of the molecule is COc1ccc(N2C(=O)[C@@H]([C@H](C)O)[C@@H]2[C@@H]2COC(C)(C)N2C(=O)OC(C)(C)C)cc1. The Hall–Kier alpha value is -2.32. The maximum Gasteiger partial charge on any atom is 0.412 e. The van der Waals surface area contributed by atoms with E-state index in [9.17, 15) is 14.7 Å². The van der Waals surface area contributed by atoms with Crippen molar-refractivity contribution in [1.82, 2.24) is 4.90 Å². The third kappa shape index (κ3) is 3.98. The lowest BCUT2D eigenvalue weighted by molar-refractivity contribution is -0.137. The van der Waals surface area contributed by atoms with Gasteiger partial charge in [0.25, 0.3) is 0 Å². The summed E-state index contributed by atoms with van der Waals surface area (Å²) in [5, 5.41) is 10.3. The first kappa shape index (κ1) is 22.4. The second-order valence-electron chi connectivity index (χ2n) is 9.34. The summed E-state index contributed by atoms with van der Waals surface area (Å²) in [6.07, 6.45) is -1.37. The van der Waals surface area contributed by atoms with Crippen molar-refractivity contribution in [2.45, 2.75) is 71.1 Å². The van der Waals surface area contributed by atoms with E-state index in [0.717, 1.165) is 0 Å². The molecule has 2 fully saturated rings. The van der Waals surface area contributed by atoms with Crippen LogP contribution in [0.25, 0.3) is 0 Å². The molecule has 1 aromatic rings. The van der Waals surface area contributed by atoms with Gasteiger partial charge in [-0.15, -0.1) is 0 Å². The number of rotatable bonds is 4. The van der Waals surface area contributed by atoms with Crippen LogP contribution in [0.15, 0.2) is 24.3 Å². The quantitative estimate of drug-likeness (QED) is 0.754. The van der Waals surface area contributed by atoms with E-state index in [1.165, 1.54) is 0 Å². The van der Waals surface area contributed by atoms with Gasteiger partial charge in [0, 0.05) is 5.69 Å². The van der Waals surface area contributed by atoms with Crippen LogP contribution in [0.4, 0.5) is 10.5 Å². The number of hydrogen-bond acceptors (Lipinski definition) is 6. The summed E-state index contributed by atoms with van der Waals surface area (Å²) in [5.74, 6) is -0.149. The van der Waals surface area contributed by atoms with Crippen LogP contribution in [0, 0.1) is 5.92 Å². The zero-order valence-corrected chi connectivity index (χ0v) is 18.7. The van der Waals surface area contributed by atoms with Crippen LogP contribution in [0.5, 0.6) is 5.75 Å². The Labute approximate surface area is 177 Å². The second-order valence-corrected chi connectivity index (χ2v) is 9.34. The molecule has 30 heavy (non-hydrogen) atoms. The highest BCUT2D eigenvalue weighted by atomic mass is 16.6. The molecule has 0 unspecified atom stereocenters. The molecule has 0 aliphatic carbocycles. The van der Waals surface area contributed by atoms with Crippen LogP contribution in [0.1, 0.15) is 41.5 Å². The van der Waals surface area contributed by atoms with Crippen molar-refractivity contribution >= 4 is 17.7 Å². The fraction of sp³-hybridized carbons (Fsp3) is 0.636. The molecule has 2 aliphatic heterocycles. The maximum absolute atomic E-state index is 13.1. The fourth-order valence-electron chi connectivity index (χ4n) is 4.23. The molecule has 0 spiro atoms. The Morgan fingerprint density at radius 1 is 1.27 bits per heavy atom. The van der Waals surface area contributed by atoms with Gasteiger partial charge in [-0.3, -0.25) is 9.69 Å². The lowest BCUT2D eigenvalue weighted by atomic mass is 9.78. The van der Waals surface area contributed by atoms with Crippen molar-refractivity contribution in [3.05, 3.63) is 24.3 Å². The smallest absolute Gasteiger partial charge is 0.412 e. The van der Waals surface area contributed by atoms with Crippen molar-refractivity contribution in [2.24, 2.45) is 5.92 Å². The summed E-state index contributed by atoms with van der Waals surface area (Å²) in [7, 11) is 1.58. The number of methoxy groups -OCH3 is 1. The number of nitrogens with zero attached hydrogens (tertiary/aromatic N) is 2. The molecule has 2 heterocycles. The molecule has 2 aliphatic rings. The normalized spacial score (nSPS) is 26.9. The summed E-state index contributed by atoms with van der Waals surface area (Å²) in [4.78, 5) is 29.2. The number of hydrogen-bond donors (Lipinski definition) is 1. The third-order valence-corrected chi connectivity index (χ3v) is 5.56. The van der Waals surface area contributed by atoms with Gasteiger partial charge in [-0.05, 0) is 65.8 Å². The Morgan fingerprint density at radius 3 is 2.37 bits per heavy atom. The van der Waals surface area contributed by atoms with E-state index in [-0.39, 0.29) is 12.5 Å². The molecular formula is C22H32N2O6. The highest BCUT2D eigenvalue weighted by molar-refractivity contribution is 6.03. The van der Waals surface area contributed by atoms with Crippen molar-refractivity contribution in [3.63, 3.8) is 0 Å². The number of anilines is 1. The lowest BCUT2D eigenvalue weighted by Gasteiger charge is -2.52. The number of benzene rings is 1. The largest absolute Gasteiger partial charge is 0.497 e. The molecule has 0 aromatic heterocycles. The molecule has 8 nitrogen and oxygen atoms in total. The van der Waals surface area contributed by atoms with Crippen LogP contribution < -0.4 is 9.64 Å². The molecule has 0 radical (unpaired) electrons. The molecule has 2 amide bonds. The monoisotopic (exact) mass is 420 g/mol. The first-order chi connectivity index (χ1) is 13.9. The standard InChI is InChI=1S/C22H32N2O6/c1-13(25)17-18(23(19(17)26)14-8-10-15(28-7)11-9-14)16-12-29-22(5,6)24(16)20(27)30-21(2,3)4/h8-11,13,16-18,25H,12H2,1-7H3/t13-,16-,17-,18-/m0/s1. The van der Waals surface area contributed by atoms with Gasteiger partial charge in [-0.1, -0.05) is 0 Å². The van der Waals surface area contributed by atoms with Crippen LogP contribution in [0.2, 0.25) is 0 Å². The third-order valence-electron chi connectivity index (χ3n) is 5.56. The molecule has 1 N–H and O–H groups in total. The zero-order chi connectivity index (χ0) is 22.4. The van der Waals surface area contributed by atoms with Crippen LogP contribution in [-0.4, -0.2) is 65.2 Å². The summed E-state index contributed by atoms with van der Waals surface area (Å²) in [5.41, 5.74) is -0.897. The van der Waals surface area contributed by atoms with E-state index in [4.69, 9.17) is 14.2 Å². The van der Waals surface area contributed by atoms with Crippen molar-refractivity contribution in [1.29, 1.82) is 0 Å². The fourth-order valence-corrected chi connectivity index (χ4v) is 4.23. The predicted molar refractivity (Wildman–Crippen MR) is 111 cm³/mol. The van der Waals surface area contributed by atoms with Crippen molar-refractivity contribution < 1.29 is 28.9 Å². The van der Waals surface area contributed by atoms with E-state index in [2.05, 4.69) is 0 Å². The summed E-state index contributed by atoms with van der Waals surface area (Å²) >= 11 is 0. The average Bonchev–Trinajstić information content (AvgIpc) is 2.93. The Bertz CT molecular complexity index is 799. The molecular weight excluding hydrogens is 388 g/mol. The number of amides is 2. The molecule has 0 bridgehead atoms. The Morgan fingerprint density at radius 2 is 1.87 bits per heavy atom. The summed E-state index contributed by atoms with van der Waals surface area (Å²) in [6.45, 7) is 10.8. The molecule has 8 heteroatoms. The van der Waals surface area contributed by atoms with E-state index < -0.39 is 41.5 Å². The number of aliphatic hydroxyl groups excluding tert-OH is 1. The summed E-state index contributed by atoms with van der Waals surface area (Å²) in [6, 6.07) is 6.22. The number of ether oxygens (including phenoxy) is 3. The van der Waals surface area contributed by atoms with Gasteiger partial charge in [-0.25, -0.2) is 4.79 Å². The van der Waals surface area contributed by atoms with Gasteiger partial charge >= 0.3 is 6.09 Å². The Balaban J connectivity index is 1.96. The van der Waals surface area contributed by atoms with Crippen molar-refractivity contribution in [3.8, 4) is 5.75 Å². The van der Waals surface area contributed by atoms with Gasteiger partial charge in [0.2, 0.25) is 5.91 Å². The molecule has 0 saturated carbocycles. The predicted octanol–water partition coefficient (Wildman–Crippen LogP) is 2.78. The van der Waals surface area contributed by atoms with E-state index in [1.807, 2.05) is 0 Å². The first-order valence-corrected chi connectivity index (χ1v) is 10.2. The highest BCUT2D eigenvalue weighted by Crippen LogP contribution is 2.43. The van der Waals surface area contributed by atoms with E-state index in [1.54, 1.807) is 82.7 Å². The minimum absolute atomic E-state index is 0.186. The number of carbonyl (C=O) groups excluding carboxylic acids is 2. The molecule has 1 aromatic carbocycles. The van der Waals surface area contributed by atoms with Crippen LogP contribution in [0.3, 0.4) is 0 Å². The van der Waals surface area contributed by atoms with Gasteiger partial charge in [0.15, 0.2) is 0 Å². The second kappa shape index (κ2) is 7.74. The van der Waals surface area contributed by atoms with Crippen LogP contribution in [-0.2, 0) is 14.3 Å². The zero-order valence-electron chi connectivity index (χ0n) is 18.7. The van der Waals surface area contributed by atoms with E-state index in [0.29, 0.717) is 11.4 Å². The van der Waals surface area contributed by atoms with Gasteiger partial charge in [-0.2, -0.15) is 0 Å². The molecule has 166 valence electrons. The Kier molecular flexibility index (Phi) is 5.77. The topological polar surface area (TPSA) is 88.5 Å². The first-order valence-electron chi connectivity index (χ1n) is 10.2. The number of β-lactam (4-membered cyclic amide) rings is 1. The van der Waals surface area contributed by atoms with E-state index >= 15 is 0 Å². The van der Waals surface area contributed by atoms with Gasteiger partial charge in [0.1, 0.15) is 17.1 Å². The number of carbonyl (C=O) groups is 2. The van der Waals surface area contributed by atoms with Crippen molar-refractivity contribution in [2.75, 3.05) is 18.6 Å². The summed E-state index contributed by atoms with van der Waals surface area (Å²) < 4.78 is 16.8. The lowest BCUT2D eigenvalue weighted by Crippen LogP contribution is -2.72. The van der Waals surface area contributed by atoms with Gasteiger partial charge < -0.3 is 24.2 Å². The number of aliphatic hydroxyl groups is 1. The molecule has 4 atom stereocenters. The minimum atomic E-state index is -0.902. The molecule has 2 saturated heterocycles. The molecule has 3 rings (SSSR count). The van der Waals surface area contributed by atoms with Gasteiger partial charge in [0.05, 0.1) is 37.8 Å². The highest BCUT2D eigenvalue weighted by Gasteiger charge is 2.60. The maximum atomic E-state index is 13.1. The minimum Gasteiger partial charge on any atom is -0.497 e. The van der Waals surface area contributed by atoms with Crippen LogP contribution >= 0.6 is 0 Å².